The molecular weight excluding hydrogens is 648 g/mol. The van der Waals surface area contributed by atoms with E-state index in [2.05, 4.69) is 10.6 Å². The predicted octanol–water partition coefficient (Wildman–Crippen LogP) is 5.46. The van der Waals surface area contributed by atoms with Crippen LogP contribution in [0.2, 0.25) is 0 Å². The summed E-state index contributed by atoms with van der Waals surface area (Å²) in [6.45, 7) is 5.91. The number of nitrogens with zero attached hydrogens (tertiary/aromatic N) is 2. The van der Waals surface area contributed by atoms with Gasteiger partial charge >= 0.3 is 6.03 Å². The normalized spacial score (nSPS) is 20.0. The van der Waals surface area contributed by atoms with E-state index in [4.69, 9.17) is 14.2 Å². The van der Waals surface area contributed by atoms with Crippen molar-refractivity contribution in [1.82, 2.24) is 9.21 Å². The molecule has 4 rings (SSSR count). The Bertz CT molecular complexity index is 1640. The van der Waals surface area contributed by atoms with Crippen LogP contribution in [0.25, 0.3) is 0 Å². The molecule has 3 N–H and O–H groups in total. The van der Waals surface area contributed by atoms with Crippen molar-refractivity contribution in [2.75, 3.05) is 51.1 Å². The molecule has 0 saturated carbocycles. The SMILES string of the molecule is COc1ccc(NC(=O)Nc2ccc3c(c2)C(=O)N([C@H](C)CO)C[C@@H](C)[C@H](CN(C)S(=O)(=O)c2ccccc2)OCCCC[C@@H](C)O3)cc1. The number of fused-ring (bicyclic) bond motifs is 1. The molecule has 4 atom stereocenters. The van der Waals surface area contributed by atoms with Crippen LogP contribution in [0, 0.1) is 5.92 Å². The van der Waals surface area contributed by atoms with Gasteiger partial charge in [0.15, 0.2) is 0 Å². The Morgan fingerprint density at radius 3 is 2.39 bits per heavy atom. The molecule has 0 bridgehead atoms. The standard InChI is InChI=1S/C36H48N4O8S/c1-25-22-40(26(2)24-41)35(42)32-21-29(38-36(43)37-28-14-17-30(46-5)18-15-28)16-19-33(32)48-27(3)11-9-10-20-47-34(25)23-39(4)49(44,45)31-12-7-6-8-13-31/h6-8,12-19,21,25-27,34,41H,9-11,20,22-24H2,1-5H3,(H2,37,38,43)/t25-,26-,27-,34+/m1/s1. The molecule has 1 aliphatic heterocycles. The van der Waals surface area contributed by atoms with E-state index < -0.39 is 34.1 Å². The first kappa shape index (κ1) is 37.6. The number of sulfonamides is 1. The van der Waals surface area contributed by atoms with E-state index >= 15 is 0 Å². The van der Waals surface area contributed by atoms with Crippen molar-refractivity contribution in [3.8, 4) is 11.5 Å². The average Bonchev–Trinajstić information content (AvgIpc) is 3.10. The van der Waals surface area contributed by atoms with Gasteiger partial charge < -0.3 is 34.9 Å². The summed E-state index contributed by atoms with van der Waals surface area (Å²) in [5.41, 5.74) is 1.15. The smallest absolute Gasteiger partial charge is 0.323 e. The van der Waals surface area contributed by atoms with Gasteiger partial charge in [-0.05, 0) is 87.7 Å². The highest BCUT2D eigenvalue weighted by Crippen LogP contribution is 2.29. The molecule has 0 aliphatic carbocycles. The highest BCUT2D eigenvalue weighted by Gasteiger charge is 2.32. The zero-order valence-corrected chi connectivity index (χ0v) is 29.6. The van der Waals surface area contributed by atoms with Crippen LogP contribution in [0.15, 0.2) is 77.7 Å². The third-order valence-electron chi connectivity index (χ3n) is 8.55. The van der Waals surface area contributed by atoms with Crippen molar-refractivity contribution in [2.24, 2.45) is 5.92 Å². The molecule has 3 aromatic rings. The van der Waals surface area contributed by atoms with Crippen molar-refractivity contribution >= 4 is 33.3 Å². The molecule has 266 valence electrons. The van der Waals surface area contributed by atoms with Crippen LogP contribution in [0.3, 0.4) is 0 Å². The number of hydrogen-bond donors (Lipinski definition) is 3. The number of methoxy groups -OCH3 is 1. The summed E-state index contributed by atoms with van der Waals surface area (Å²) in [7, 11) is -0.697. The van der Waals surface area contributed by atoms with E-state index in [0.717, 1.165) is 12.8 Å². The van der Waals surface area contributed by atoms with Gasteiger partial charge in [0.25, 0.3) is 5.91 Å². The number of carbonyl (C=O) groups is 2. The first-order chi connectivity index (χ1) is 23.4. The fourth-order valence-electron chi connectivity index (χ4n) is 5.55. The lowest BCUT2D eigenvalue weighted by atomic mass is 10.0. The van der Waals surface area contributed by atoms with Gasteiger partial charge in [-0.3, -0.25) is 4.79 Å². The maximum Gasteiger partial charge on any atom is 0.323 e. The van der Waals surface area contributed by atoms with E-state index in [-0.39, 0.29) is 42.2 Å². The van der Waals surface area contributed by atoms with Crippen LogP contribution in [0.1, 0.15) is 50.4 Å². The molecule has 3 amide bonds. The largest absolute Gasteiger partial charge is 0.497 e. The minimum atomic E-state index is -3.78. The highest BCUT2D eigenvalue weighted by molar-refractivity contribution is 7.89. The minimum absolute atomic E-state index is 0.0708. The van der Waals surface area contributed by atoms with Crippen LogP contribution in [-0.4, -0.2) is 93.4 Å². The molecule has 3 aromatic carbocycles. The van der Waals surface area contributed by atoms with Gasteiger partial charge in [-0.25, -0.2) is 13.2 Å². The molecule has 0 saturated heterocycles. The Hall–Kier alpha value is -4.17. The van der Waals surface area contributed by atoms with Crippen LogP contribution >= 0.6 is 0 Å². The van der Waals surface area contributed by atoms with E-state index in [1.807, 2.05) is 13.8 Å². The van der Waals surface area contributed by atoms with Gasteiger partial charge in [-0.2, -0.15) is 4.31 Å². The summed E-state index contributed by atoms with van der Waals surface area (Å²) in [5.74, 6) is 0.285. The Morgan fingerprint density at radius 2 is 1.71 bits per heavy atom. The summed E-state index contributed by atoms with van der Waals surface area (Å²) in [5, 5.41) is 15.8. The molecular formula is C36H48N4O8S. The number of carbonyl (C=O) groups excluding carboxylic acids is 2. The van der Waals surface area contributed by atoms with E-state index in [1.54, 1.807) is 91.7 Å². The molecule has 0 fully saturated rings. The number of amides is 3. The topological polar surface area (TPSA) is 147 Å². The zero-order chi connectivity index (χ0) is 35.6. The van der Waals surface area contributed by atoms with Crippen molar-refractivity contribution < 1.29 is 37.3 Å². The number of ether oxygens (including phenoxy) is 3. The third kappa shape index (κ3) is 10.2. The molecule has 49 heavy (non-hydrogen) atoms. The summed E-state index contributed by atoms with van der Waals surface area (Å²) >= 11 is 0. The number of rotatable bonds is 9. The molecule has 0 spiro atoms. The number of benzene rings is 3. The minimum Gasteiger partial charge on any atom is -0.497 e. The van der Waals surface area contributed by atoms with Crippen molar-refractivity contribution in [1.29, 1.82) is 0 Å². The van der Waals surface area contributed by atoms with Gasteiger partial charge in [-0.15, -0.1) is 0 Å². The second kappa shape index (κ2) is 17.5. The number of aliphatic hydroxyl groups is 1. The Morgan fingerprint density at radius 1 is 1.04 bits per heavy atom. The van der Waals surface area contributed by atoms with E-state index in [9.17, 15) is 23.1 Å². The Balaban J connectivity index is 1.61. The monoisotopic (exact) mass is 696 g/mol. The molecule has 1 heterocycles. The number of hydrogen-bond acceptors (Lipinski definition) is 8. The van der Waals surface area contributed by atoms with Crippen LogP contribution in [0.4, 0.5) is 16.2 Å². The van der Waals surface area contributed by atoms with Gasteiger partial charge in [0.2, 0.25) is 10.0 Å². The second-order valence-corrected chi connectivity index (χ2v) is 14.5. The van der Waals surface area contributed by atoms with Crippen molar-refractivity contribution in [3.05, 3.63) is 78.4 Å². The lowest BCUT2D eigenvalue weighted by molar-refractivity contribution is -0.00833. The van der Waals surface area contributed by atoms with Crippen molar-refractivity contribution in [2.45, 2.75) is 63.2 Å². The molecule has 12 nitrogen and oxygen atoms in total. The van der Waals surface area contributed by atoms with Crippen LogP contribution in [0.5, 0.6) is 11.5 Å². The maximum atomic E-state index is 14.4. The lowest BCUT2D eigenvalue weighted by Gasteiger charge is -2.35. The Labute approximate surface area is 289 Å². The summed E-state index contributed by atoms with van der Waals surface area (Å²) in [6.07, 6.45) is 1.45. The number of aliphatic hydroxyl groups excluding tert-OH is 1. The highest BCUT2D eigenvalue weighted by atomic mass is 32.2. The van der Waals surface area contributed by atoms with Gasteiger partial charge in [-0.1, -0.05) is 25.1 Å². The predicted molar refractivity (Wildman–Crippen MR) is 189 cm³/mol. The zero-order valence-electron chi connectivity index (χ0n) is 28.8. The third-order valence-corrected chi connectivity index (χ3v) is 10.4. The second-order valence-electron chi connectivity index (χ2n) is 12.4. The fraction of sp³-hybridized carbons (Fsp3) is 0.444. The number of anilines is 2. The first-order valence-electron chi connectivity index (χ1n) is 16.5. The van der Waals surface area contributed by atoms with E-state index in [1.165, 1.54) is 11.4 Å². The Kier molecular flexibility index (Phi) is 13.4. The van der Waals surface area contributed by atoms with Gasteiger partial charge in [0, 0.05) is 44.0 Å². The quantitative estimate of drug-likeness (QED) is 0.268. The first-order valence-corrected chi connectivity index (χ1v) is 17.9. The molecule has 0 radical (unpaired) electrons. The molecule has 13 heteroatoms. The lowest BCUT2D eigenvalue weighted by Crippen LogP contribution is -2.48. The van der Waals surface area contributed by atoms with Crippen LogP contribution < -0.4 is 20.1 Å². The number of likely N-dealkylation sites (N-methyl/N-ethyl adjacent to an activating group) is 1. The molecule has 0 aromatic heterocycles. The van der Waals surface area contributed by atoms with Crippen LogP contribution in [-0.2, 0) is 14.8 Å². The van der Waals surface area contributed by atoms with Crippen molar-refractivity contribution in [3.63, 3.8) is 0 Å². The molecule has 0 unspecified atom stereocenters. The fourth-order valence-corrected chi connectivity index (χ4v) is 6.76. The van der Waals surface area contributed by atoms with Gasteiger partial charge in [0.1, 0.15) is 11.5 Å². The van der Waals surface area contributed by atoms with Gasteiger partial charge in [0.05, 0.1) is 42.4 Å². The summed E-state index contributed by atoms with van der Waals surface area (Å²) in [4.78, 5) is 29.0. The maximum absolute atomic E-state index is 14.4. The molecule has 1 aliphatic rings. The summed E-state index contributed by atoms with van der Waals surface area (Å²) < 4.78 is 45.8. The number of urea groups is 1. The van der Waals surface area contributed by atoms with E-state index in [0.29, 0.717) is 35.9 Å². The average molecular weight is 697 g/mol. The number of nitrogens with one attached hydrogen (secondary N) is 2. The summed E-state index contributed by atoms with van der Waals surface area (Å²) in [6, 6.07) is 18.9.